The molecule has 0 bridgehead atoms. The minimum absolute atomic E-state index is 0.101. The van der Waals surface area contributed by atoms with E-state index in [0.717, 1.165) is 0 Å². The van der Waals surface area contributed by atoms with Crippen LogP contribution >= 0.6 is 7.60 Å². The summed E-state index contributed by atoms with van der Waals surface area (Å²) in [5.41, 5.74) is 0.268. The first-order valence-electron chi connectivity index (χ1n) is 7.16. The van der Waals surface area contributed by atoms with Crippen molar-refractivity contribution in [2.24, 2.45) is 0 Å². The summed E-state index contributed by atoms with van der Waals surface area (Å²) in [7, 11) is -3.75. The summed E-state index contributed by atoms with van der Waals surface area (Å²) in [6.07, 6.45) is 1.29. The van der Waals surface area contributed by atoms with Crippen LogP contribution in [0.1, 0.15) is 32.8 Å². The Morgan fingerprint density at radius 2 is 1.96 bits per heavy atom. The Morgan fingerprint density at radius 3 is 2.48 bits per heavy atom. The molecule has 1 fully saturated rings. The number of non-ortho nitro benzene ring substituents is 1. The SMILES string of the molecule is CC(=O)/C(=C\c1cccc([N+](=O)[O-])c1)P1(=O)O[C@H](C)C[C@@H](C)O1. The Hall–Kier alpha value is -1.82. The van der Waals surface area contributed by atoms with Gasteiger partial charge in [0.05, 0.1) is 17.1 Å². The molecule has 1 saturated heterocycles. The van der Waals surface area contributed by atoms with E-state index in [1.807, 2.05) is 0 Å². The van der Waals surface area contributed by atoms with Crippen LogP contribution in [0.3, 0.4) is 0 Å². The summed E-state index contributed by atoms with van der Waals surface area (Å²) in [5.74, 6) is -0.457. The van der Waals surface area contributed by atoms with Crippen molar-refractivity contribution < 1.29 is 23.3 Å². The summed E-state index contributed by atoms with van der Waals surface area (Å²) < 4.78 is 23.8. The Kier molecular flexibility index (Phi) is 5.14. The molecule has 1 heterocycles. The number of benzene rings is 1. The van der Waals surface area contributed by atoms with Gasteiger partial charge < -0.3 is 9.05 Å². The number of rotatable bonds is 4. The fraction of sp³-hybridized carbons (Fsp3) is 0.400. The lowest BCUT2D eigenvalue weighted by Crippen LogP contribution is -2.25. The van der Waals surface area contributed by atoms with Gasteiger partial charge in [0.2, 0.25) is 0 Å². The molecular formula is C15H18NO6P. The highest BCUT2D eigenvalue weighted by atomic mass is 31.2. The summed E-state index contributed by atoms with van der Waals surface area (Å²) in [4.78, 5) is 22.3. The highest BCUT2D eigenvalue weighted by molar-refractivity contribution is 7.60. The maximum Gasteiger partial charge on any atom is 0.365 e. The molecule has 1 aromatic carbocycles. The molecule has 0 amide bonds. The van der Waals surface area contributed by atoms with Gasteiger partial charge in [0.15, 0.2) is 5.78 Å². The van der Waals surface area contributed by atoms with Crippen molar-refractivity contribution >= 4 is 25.1 Å². The maximum atomic E-state index is 13.0. The quantitative estimate of drug-likeness (QED) is 0.357. The van der Waals surface area contributed by atoms with Gasteiger partial charge in [-0.15, -0.1) is 0 Å². The molecule has 7 nitrogen and oxygen atoms in total. The molecule has 0 radical (unpaired) electrons. The molecule has 0 unspecified atom stereocenters. The smallest absolute Gasteiger partial charge is 0.302 e. The molecule has 2 rings (SSSR count). The molecule has 8 heteroatoms. The van der Waals surface area contributed by atoms with Crippen LogP contribution in [0.5, 0.6) is 0 Å². The number of allylic oxidation sites excluding steroid dienone is 1. The first-order chi connectivity index (χ1) is 10.7. The zero-order chi connectivity index (χ0) is 17.2. The van der Waals surface area contributed by atoms with Crippen LogP contribution < -0.4 is 0 Å². The van der Waals surface area contributed by atoms with Gasteiger partial charge in [0.25, 0.3) is 5.69 Å². The highest BCUT2D eigenvalue weighted by Gasteiger charge is 2.40. The first kappa shape index (κ1) is 17.5. The number of hydrogen-bond acceptors (Lipinski definition) is 6. The predicted octanol–water partition coefficient (Wildman–Crippen LogP) is 3.93. The van der Waals surface area contributed by atoms with Crippen molar-refractivity contribution in [1.29, 1.82) is 0 Å². The average Bonchev–Trinajstić information content (AvgIpc) is 2.43. The number of ketones is 1. The van der Waals surface area contributed by atoms with Crippen molar-refractivity contribution in [3.05, 3.63) is 45.3 Å². The third-order valence-electron chi connectivity index (χ3n) is 3.34. The second kappa shape index (κ2) is 6.74. The summed E-state index contributed by atoms with van der Waals surface area (Å²) >= 11 is 0. The second-order valence-electron chi connectivity index (χ2n) is 5.50. The Bertz CT molecular complexity index is 700. The molecule has 1 aromatic rings. The lowest BCUT2D eigenvalue weighted by molar-refractivity contribution is -0.384. The van der Waals surface area contributed by atoms with Crippen LogP contribution in [0, 0.1) is 10.1 Å². The standard InChI is InChI=1S/C15H18NO6P/c1-10-7-11(2)22-23(20,21-10)15(12(3)17)9-13-5-4-6-14(8-13)16(18)19/h4-6,8-11H,7H2,1-3H3/b15-9+/t10-,11-/m1/s1. The van der Waals surface area contributed by atoms with Gasteiger partial charge >= 0.3 is 7.60 Å². The molecule has 0 N–H and O–H groups in total. The third-order valence-corrected chi connectivity index (χ3v) is 5.65. The van der Waals surface area contributed by atoms with Crippen molar-refractivity contribution in [2.45, 2.75) is 39.4 Å². The molecule has 23 heavy (non-hydrogen) atoms. The summed E-state index contributed by atoms with van der Waals surface area (Å²) in [6, 6.07) is 5.71. The van der Waals surface area contributed by atoms with Gasteiger partial charge in [-0.25, -0.2) is 0 Å². The predicted molar refractivity (Wildman–Crippen MR) is 85.1 cm³/mol. The number of hydrogen-bond donors (Lipinski definition) is 0. The molecule has 0 aliphatic carbocycles. The van der Waals surface area contributed by atoms with E-state index in [-0.39, 0.29) is 23.2 Å². The van der Waals surface area contributed by atoms with Crippen LogP contribution in [0.15, 0.2) is 29.6 Å². The van der Waals surface area contributed by atoms with E-state index in [4.69, 9.17) is 9.05 Å². The van der Waals surface area contributed by atoms with Gasteiger partial charge in [0.1, 0.15) is 5.31 Å². The van der Waals surface area contributed by atoms with Gasteiger partial charge in [-0.2, -0.15) is 0 Å². The van der Waals surface area contributed by atoms with Crippen molar-refractivity contribution in [3.63, 3.8) is 0 Å². The highest BCUT2D eigenvalue weighted by Crippen LogP contribution is 2.61. The van der Waals surface area contributed by atoms with Crippen LogP contribution in [0.2, 0.25) is 0 Å². The van der Waals surface area contributed by atoms with Crippen molar-refractivity contribution in [1.82, 2.24) is 0 Å². The van der Waals surface area contributed by atoms with E-state index in [2.05, 4.69) is 0 Å². The monoisotopic (exact) mass is 339 g/mol. The molecular weight excluding hydrogens is 321 g/mol. The molecule has 0 spiro atoms. The zero-order valence-electron chi connectivity index (χ0n) is 13.1. The molecule has 1 aliphatic heterocycles. The van der Waals surface area contributed by atoms with Crippen LogP contribution in [0.4, 0.5) is 5.69 Å². The third kappa shape index (κ3) is 4.13. The molecule has 1 aliphatic rings. The molecule has 124 valence electrons. The van der Waals surface area contributed by atoms with Gasteiger partial charge in [-0.05, 0) is 32.4 Å². The van der Waals surface area contributed by atoms with Crippen molar-refractivity contribution in [2.75, 3.05) is 0 Å². The first-order valence-corrected chi connectivity index (χ1v) is 8.70. The van der Waals surface area contributed by atoms with E-state index < -0.39 is 18.3 Å². The van der Waals surface area contributed by atoms with Crippen LogP contribution in [-0.4, -0.2) is 22.9 Å². The van der Waals surface area contributed by atoms with E-state index in [0.29, 0.717) is 12.0 Å². The minimum atomic E-state index is -3.75. The second-order valence-corrected chi connectivity index (χ2v) is 7.40. The number of nitrogens with zero attached hydrogens (tertiary/aromatic N) is 1. The van der Waals surface area contributed by atoms with Crippen LogP contribution in [-0.2, 0) is 18.4 Å². The summed E-state index contributed by atoms with van der Waals surface area (Å²) in [5, 5.41) is 10.7. The Balaban J connectivity index is 2.46. The average molecular weight is 339 g/mol. The lowest BCUT2D eigenvalue weighted by Gasteiger charge is -2.32. The topological polar surface area (TPSA) is 95.7 Å². The summed E-state index contributed by atoms with van der Waals surface area (Å²) in [6.45, 7) is 4.78. The largest absolute Gasteiger partial charge is 0.365 e. The van der Waals surface area contributed by atoms with Gasteiger partial charge in [-0.1, -0.05) is 12.1 Å². The zero-order valence-corrected chi connectivity index (χ0v) is 14.0. The van der Waals surface area contributed by atoms with Gasteiger partial charge in [0, 0.05) is 18.6 Å². The Morgan fingerprint density at radius 1 is 1.35 bits per heavy atom. The maximum absolute atomic E-state index is 13.0. The number of nitro benzene ring substituents is 1. The number of Topliss-reactive ketones (excluding diaryl/α,β-unsaturated/α-hetero) is 1. The fourth-order valence-corrected chi connectivity index (χ4v) is 4.51. The Labute approximate surface area is 134 Å². The lowest BCUT2D eigenvalue weighted by atomic mass is 10.2. The normalized spacial score (nSPS) is 28.4. The number of carbonyl (C=O) groups is 1. The molecule has 0 aromatic heterocycles. The van der Waals surface area contributed by atoms with E-state index in [9.17, 15) is 19.5 Å². The number of nitro groups is 1. The van der Waals surface area contributed by atoms with E-state index in [1.165, 1.54) is 31.2 Å². The van der Waals surface area contributed by atoms with E-state index in [1.54, 1.807) is 19.9 Å². The minimum Gasteiger partial charge on any atom is -0.302 e. The van der Waals surface area contributed by atoms with Crippen molar-refractivity contribution in [3.8, 4) is 0 Å². The fourth-order valence-electron chi connectivity index (χ4n) is 2.43. The number of carbonyl (C=O) groups excluding carboxylic acids is 1. The van der Waals surface area contributed by atoms with Gasteiger partial charge in [-0.3, -0.25) is 19.5 Å². The molecule has 0 saturated carbocycles. The molecule has 2 atom stereocenters. The van der Waals surface area contributed by atoms with E-state index >= 15 is 0 Å². The van der Waals surface area contributed by atoms with Crippen LogP contribution in [0.25, 0.3) is 6.08 Å².